The molecule has 1 saturated heterocycles. The Kier molecular flexibility index (Phi) is 4.84. The Morgan fingerprint density at radius 1 is 1.44 bits per heavy atom. The lowest BCUT2D eigenvalue weighted by atomic mass is 10.1. The minimum atomic E-state index is 0.154. The molecule has 4 nitrogen and oxygen atoms in total. The van der Waals surface area contributed by atoms with Crippen molar-refractivity contribution in [3.05, 3.63) is 23.8 Å². The Labute approximate surface area is 108 Å². The number of nitrogens with one attached hydrogen (secondary N) is 1. The molecule has 1 aliphatic heterocycles. The van der Waals surface area contributed by atoms with E-state index in [-0.39, 0.29) is 6.10 Å². The van der Waals surface area contributed by atoms with Crippen molar-refractivity contribution in [3.63, 3.8) is 0 Å². The van der Waals surface area contributed by atoms with Crippen molar-refractivity contribution in [2.24, 2.45) is 0 Å². The third-order valence-corrected chi connectivity index (χ3v) is 3.05. The maximum atomic E-state index is 6.04. The summed E-state index contributed by atoms with van der Waals surface area (Å²) < 4.78 is 16.7. The van der Waals surface area contributed by atoms with Gasteiger partial charge in [0.15, 0.2) is 0 Å². The largest absolute Gasteiger partial charge is 0.497 e. The van der Waals surface area contributed by atoms with Crippen molar-refractivity contribution >= 4 is 0 Å². The molecule has 2 rings (SSSR count). The van der Waals surface area contributed by atoms with E-state index in [2.05, 4.69) is 5.32 Å². The molecule has 1 atom stereocenters. The molecule has 1 heterocycles. The first-order chi connectivity index (χ1) is 8.83. The normalized spacial score (nSPS) is 19.6. The third-order valence-electron chi connectivity index (χ3n) is 3.05. The van der Waals surface area contributed by atoms with Crippen LogP contribution in [0.15, 0.2) is 18.2 Å². The third kappa shape index (κ3) is 3.37. The van der Waals surface area contributed by atoms with Gasteiger partial charge in [0.2, 0.25) is 0 Å². The van der Waals surface area contributed by atoms with Gasteiger partial charge in [-0.25, -0.2) is 0 Å². The fourth-order valence-electron chi connectivity index (χ4n) is 2.09. The van der Waals surface area contributed by atoms with Gasteiger partial charge in [-0.15, -0.1) is 0 Å². The first-order valence-electron chi connectivity index (χ1n) is 6.39. The monoisotopic (exact) mass is 251 g/mol. The van der Waals surface area contributed by atoms with Gasteiger partial charge in [-0.1, -0.05) is 6.07 Å². The van der Waals surface area contributed by atoms with Gasteiger partial charge in [-0.05, 0) is 26.0 Å². The Morgan fingerprint density at radius 2 is 2.33 bits per heavy atom. The summed E-state index contributed by atoms with van der Waals surface area (Å²) >= 11 is 0. The van der Waals surface area contributed by atoms with E-state index in [9.17, 15) is 0 Å². The summed E-state index contributed by atoms with van der Waals surface area (Å²) in [5.74, 6) is 1.71. The first kappa shape index (κ1) is 13.2. The van der Waals surface area contributed by atoms with Gasteiger partial charge in [-0.2, -0.15) is 0 Å². The molecule has 0 saturated carbocycles. The second-order valence-electron chi connectivity index (χ2n) is 4.46. The number of ether oxygens (including phenoxy) is 3. The van der Waals surface area contributed by atoms with Gasteiger partial charge in [0, 0.05) is 24.8 Å². The van der Waals surface area contributed by atoms with Crippen molar-refractivity contribution in [2.75, 3.05) is 27.4 Å². The van der Waals surface area contributed by atoms with Crippen molar-refractivity contribution < 1.29 is 14.2 Å². The lowest BCUT2D eigenvalue weighted by Gasteiger charge is -2.24. The predicted molar refractivity (Wildman–Crippen MR) is 70.2 cm³/mol. The van der Waals surface area contributed by atoms with Crippen LogP contribution < -0.4 is 14.8 Å². The van der Waals surface area contributed by atoms with Crippen LogP contribution in [0.5, 0.6) is 11.5 Å². The number of rotatable bonds is 5. The topological polar surface area (TPSA) is 39.7 Å². The van der Waals surface area contributed by atoms with Gasteiger partial charge >= 0.3 is 0 Å². The summed E-state index contributed by atoms with van der Waals surface area (Å²) in [5, 5.41) is 3.15. The number of hydrogen-bond donors (Lipinski definition) is 1. The number of methoxy groups -OCH3 is 1. The predicted octanol–water partition coefficient (Wildman–Crippen LogP) is 1.97. The molecule has 1 aromatic rings. The van der Waals surface area contributed by atoms with Crippen molar-refractivity contribution in [1.82, 2.24) is 5.32 Å². The molecule has 0 bridgehead atoms. The van der Waals surface area contributed by atoms with Crippen LogP contribution in [0.3, 0.4) is 0 Å². The molecule has 18 heavy (non-hydrogen) atoms. The van der Waals surface area contributed by atoms with Crippen LogP contribution in [0.2, 0.25) is 0 Å². The molecule has 100 valence electrons. The molecular weight excluding hydrogens is 230 g/mol. The molecule has 1 aromatic carbocycles. The molecular formula is C14H21NO3. The fraction of sp³-hybridized carbons (Fsp3) is 0.571. The highest BCUT2D eigenvalue weighted by Crippen LogP contribution is 2.27. The van der Waals surface area contributed by atoms with Crippen molar-refractivity contribution in [2.45, 2.75) is 25.5 Å². The van der Waals surface area contributed by atoms with Crippen LogP contribution >= 0.6 is 0 Å². The van der Waals surface area contributed by atoms with Crippen LogP contribution in [0.1, 0.15) is 18.4 Å². The van der Waals surface area contributed by atoms with Crippen molar-refractivity contribution in [1.29, 1.82) is 0 Å². The Balaban J connectivity index is 2.11. The van der Waals surface area contributed by atoms with E-state index in [0.717, 1.165) is 43.1 Å². The summed E-state index contributed by atoms with van der Waals surface area (Å²) in [5.41, 5.74) is 1.14. The summed E-state index contributed by atoms with van der Waals surface area (Å²) in [4.78, 5) is 0. The molecule has 0 spiro atoms. The first-order valence-corrected chi connectivity index (χ1v) is 6.39. The minimum absolute atomic E-state index is 0.154. The van der Waals surface area contributed by atoms with Crippen LogP contribution in [0, 0.1) is 0 Å². The molecule has 0 amide bonds. The molecule has 1 N–H and O–H groups in total. The van der Waals surface area contributed by atoms with Crippen LogP contribution in [0.4, 0.5) is 0 Å². The zero-order chi connectivity index (χ0) is 12.8. The summed E-state index contributed by atoms with van der Waals surface area (Å²) in [6.07, 6.45) is 2.27. The highest BCUT2D eigenvalue weighted by molar-refractivity contribution is 5.40. The van der Waals surface area contributed by atoms with E-state index < -0.39 is 0 Å². The van der Waals surface area contributed by atoms with Crippen LogP contribution in [-0.2, 0) is 11.3 Å². The SMILES string of the molecule is CNCc1ccc(OC)cc1OC1CCCOC1. The molecule has 0 aromatic heterocycles. The van der Waals surface area contributed by atoms with Gasteiger partial charge in [-0.3, -0.25) is 0 Å². The highest BCUT2D eigenvalue weighted by atomic mass is 16.5. The van der Waals surface area contributed by atoms with E-state index in [0.29, 0.717) is 6.61 Å². The Bertz CT molecular complexity index is 375. The second kappa shape index (κ2) is 6.61. The Morgan fingerprint density at radius 3 is 3.00 bits per heavy atom. The molecule has 0 aliphatic carbocycles. The van der Waals surface area contributed by atoms with Gasteiger partial charge in [0.1, 0.15) is 17.6 Å². The van der Waals surface area contributed by atoms with E-state index in [4.69, 9.17) is 14.2 Å². The van der Waals surface area contributed by atoms with E-state index in [1.54, 1.807) is 7.11 Å². The summed E-state index contributed by atoms with van der Waals surface area (Å²) in [6.45, 7) is 2.31. The molecule has 4 heteroatoms. The second-order valence-corrected chi connectivity index (χ2v) is 4.46. The number of hydrogen-bond acceptors (Lipinski definition) is 4. The molecule has 1 unspecified atom stereocenters. The van der Waals surface area contributed by atoms with E-state index in [1.165, 1.54) is 0 Å². The quantitative estimate of drug-likeness (QED) is 0.868. The van der Waals surface area contributed by atoms with Gasteiger partial charge < -0.3 is 19.5 Å². The smallest absolute Gasteiger partial charge is 0.128 e. The van der Waals surface area contributed by atoms with Gasteiger partial charge in [0.25, 0.3) is 0 Å². The number of benzene rings is 1. The van der Waals surface area contributed by atoms with E-state index >= 15 is 0 Å². The van der Waals surface area contributed by atoms with E-state index in [1.807, 2.05) is 25.2 Å². The van der Waals surface area contributed by atoms with Crippen molar-refractivity contribution in [3.8, 4) is 11.5 Å². The highest BCUT2D eigenvalue weighted by Gasteiger charge is 2.17. The van der Waals surface area contributed by atoms with Crippen LogP contribution in [0.25, 0.3) is 0 Å². The Hall–Kier alpha value is -1.26. The van der Waals surface area contributed by atoms with Gasteiger partial charge in [0.05, 0.1) is 13.7 Å². The minimum Gasteiger partial charge on any atom is -0.497 e. The zero-order valence-electron chi connectivity index (χ0n) is 11.1. The molecule has 1 aliphatic rings. The average Bonchev–Trinajstić information content (AvgIpc) is 2.42. The summed E-state index contributed by atoms with van der Waals surface area (Å²) in [6, 6.07) is 5.94. The fourth-order valence-corrected chi connectivity index (χ4v) is 2.09. The zero-order valence-corrected chi connectivity index (χ0v) is 11.1. The molecule has 1 fully saturated rings. The maximum absolute atomic E-state index is 6.04. The lowest BCUT2D eigenvalue weighted by Crippen LogP contribution is -2.28. The average molecular weight is 251 g/mol. The van der Waals surface area contributed by atoms with Crippen LogP contribution in [-0.4, -0.2) is 33.5 Å². The summed E-state index contributed by atoms with van der Waals surface area (Å²) in [7, 11) is 3.60. The lowest BCUT2D eigenvalue weighted by molar-refractivity contribution is 0.00694. The standard InChI is InChI=1S/C14H21NO3/c1-15-9-11-5-6-12(16-2)8-14(11)18-13-4-3-7-17-10-13/h5-6,8,13,15H,3-4,7,9-10H2,1-2H3. The molecule has 0 radical (unpaired) electrons. The maximum Gasteiger partial charge on any atom is 0.128 e.